The molecule has 4 aromatic rings. The second-order valence-corrected chi connectivity index (χ2v) is 9.91. The standard InChI is InChI=1S/C27H31N7O/c28-25-23-26(30-18-29-25)34(19-31-23)17-27(35)12-11-22-15-32(13-14-33(22)16-27)24(20-7-3-1-4-8-20)21-9-5-2-6-10-21/h1-10,18-19,22,24,35H,11-17H2,(H2,28,29,30)/t22-,27+/m0/s1. The van der Waals surface area contributed by atoms with Crippen LogP contribution in [0.3, 0.4) is 0 Å². The summed E-state index contributed by atoms with van der Waals surface area (Å²) >= 11 is 0. The highest BCUT2D eigenvalue weighted by molar-refractivity contribution is 5.81. The molecule has 180 valence electrons. The molecule has 2 atom stereocenters. The molecule has 8 nitrogen and oxygen atoms in total. The molecule has 0 spiro atoms. The van der Waals surface area contributed by atoms with Crippen LogP contribution in [0.2, 0.25) is 0 Å². The van der Waals surface area contributed by atoms with Gasteiger partial charge in [0.15, 0.2) is 11.5 Å². The van der Waals surface area contributed by atoms with Gasteiger partial charge in [0.25, 0.3) is 0 Å². The van der Waals surface area contributed by atoms with Gasteiger partial charge >= 0.3 is 0 Å². The number of anilines is 1. The number of piperidine rings is 1. The molecule has 2 aromatic heterocycles. The number of nitrogens with two attached hydrogens (primary N) is 1. The van der Waals surface area contributed by atoms with Crippen LogP contribution >= 0.6 is 0 Å². The minimum atomic E-state index is -0.829. The van der Waals surface area contributed by atoms with Gasteiger partial charge in [0.05, 0.1) is 24.5 Å². The maximum atomic E-state index is 11.6. The minimum absolute atomic E-state index is 0.239. The molecule has 0 bridgehead atoms. The predicted octanol–water partition coefficient (Wildman–Crippen LogP) is 2.71. The quantitative estimate of drug-likeness (QED) is 0.464. The van der Waals surface area contributed by atoms with Crippen molar-refractivity contribution in [2.24, 2.45) is 0 Å². The fourth-order valence-corrected chi connectivity index (χ4v) is 5.87. The summed E-state index contributed by atoms with van der Waals surface area (Å²) in [6, 6.07) is 22.3. The lowest BCUT2D eigenvalue weighted by Crippen LogP contribution is -2.62. The van der Waals surface area contributed by atoms with Gasteiger partial charge in [0, 0.05) is 32.2 Å². The van der Waals surface area contributed by atoms with Crippen molar-refractivity contribution in [3.63, 3.8) is 0 Å². The van der Waals surface area contributed by atoms with Crippen LogP contribution in [0.4, 0.5) is 5.82 Å². The molecule has 2 fully saturated rings. The normalized spacial score (nSPS) is 23.5. The Labute approximate surface area is 205 Å². The maximum Gasteiger partial charge on any atom is 0.165 e. The van der Waals surface area contributed by atoms with E-state index in [0.717, 1.165) is 32.5 Å². The summed E-state index contributed by atoms with van der Waals surface area (Å²) in [7, 11) is 0. The van der Waals surface area contributed by atoms with Crippen molar-refractivity contribution in [3.8, 4) is 0 Å². The first kappa shape index (κ1) is 22.2. The van der Waals surface area contributed by atoms with E-state index in [0.29, 0.717) is 36.1 Å². The lowest BCUT2D eigenvalue weighted by atomic mass is 9.86. The maximum absolute atomic E-state index is 11.6. The Morgan fingerprint density at radius 2 is 1.69 bits per heavy atom. The molecule has 8 heteroatoms. The van der Waals surface area contributed by atoms with Crippen LogP contribution in [-0.2, 0) is 6.54 Å². The minimum Gasteiger partial charge on any atom is -0.387 e. The smallest absolute Gasteiger partial charge is 0.165 e. The van der Waals surface area contributed by atoms with Gasteiger partial charge in [-0.15, -0.1) is 0 Å². The third-order valence-electron chi connectivity index (χ3n) is 7.57. The third kappa shape index (κ3) is 4.29. The molecule has 4 heterocycles. The van der Waals surface area contributed by atoms with Gasteiger partial charge in [-0.05, 0) is 24.0 Å². The van der Waals surface area contributed by atoms with Gasteiger partial charge < -0.3 is 15.4 Å². The number of hydrogen-bond donors (Lipinski definition) is 2. The van der Waals surface area contributed by atoms with Crippen LogP contribution < -0.4 is 5.73 Å². The summed E-state index contributed by atoms with van der Waals surface area (Å²) in [6.45, 7) is 3.97. The van der Waals surface area contributed by atoms with E-state index in [9.17, 15) is 5.11 Å². The predicted molar refractivity (Wildman–Crippen MR) is 136 cm³/mol. The Balaban J connectivity index is 1.19. The molecule has 0 aliphatic carbocycles. The zero-order valence-electron chi connectivity index (χ0n) is 19.7. The van der Waals surface area contributed by atoms with Gasteiger partial charge in [-0.25, -0.2) is 15.0 Å². The molecular formula is C27H31N7O. The monoisotopic (exact) mass is 469 g/mol. The van der Waals surface area contributed by atoms with Crippen LogP contribution in [0.25, 0.3) is 11.2 Å². The van der Waals surface area contributed by atoms with Gasteiger partial charge in [-0.3, -0.25) is 9.80 Å². The fraction of sp³-hybridized carbons (Fsp3) is 0.370. The van der Waals surface area contributed by atoms with Gasteiger partial charge in [-0.2, -0.15) is 0 Å². The summed E-state index contributed by atoms with van der Waals surface area (Å²) in [5.41, 5.74) is 9.03. The van der Waals surface area contributed by atoms with Gasteiger partial charge in [0.1, 0.15) is 11.8 Å². The molecule has 2 aliphatic rings. The first-order chi connectivity index (χ1) is 17.1. The largest absolute Gasteiger partial charge is 0.387 e. The van der Waals surface area contributed by atoms with Crippen molar-refractivity contribution in [1.82, 2.24) is 29.3 Å². The molecule has 0 unspecified atom stereocenters. The van der Waals surface area contributed by atoms with E-state index in [1.165, 1.54) is 17.5 Å². The topological polar surface area (TPSA) is 96.3 Å². The Morgan fingerprint density at radius 1 is 0.971 bits per heavy atom. The number of imidazole rings is 1. The van der Waals surface area contributed by atoms with Crippen molar-refractivity contribution < 1.29 is 5.11 Å². The average Bonchev–Trinajstić information content (AvgIpc) is 3.29. The first-order valence-corrected chi connectivity index (χ1v) is 12.3. The number of aliphatic hydroxyl groups is 1. The van der Waals surface area contributed by atoms with E-state index in [1.807, 2.05) is 4.57 Å². The molecule has 2 saturated heterocycles. The Morgan fingerprint density at radius 3 is 2.40 bits per heavy atom. The molecule has 35 heavy (non-hydrogen) atoms. The molecule has 3 N–H and O–H groups in total. The van der Waals surface area contributed by atoms with E-state index in [4.69, 9.17) is 5.73 Å². The van der Waals surface area contributed by atoms with Crippen LogP contribution in [-0.4, -0.2) is 72.2 Å². The molecule has 2 aliphatic heterocycles. The highest BCUT2D eigenvalue weighted by Gasteiger charge is 2.42. The van der Waals surface area contributed by atoms with Crippen LogP contribution in [0, 0.1) is 0 Å². The summed E-state index contributed by atoms with van der Waals surface area (Å²) in [4.78, 5) is 17.8. The number of piperazine rings is 1. The third-order valence-corrected chi connectivity index (χ3v) is 7.57. The number of rotatable bonds is 5. The van der Waals surface area contributed by atoms with Crippen molar-refractivity contribution in [1.29, 1.82) is 0 Å². The van der Waals surface area contributed by atoms with E-state index >= 15 is 0 Å². The number of hydrogen-bond acceptors (Lipinski definition) is 7. The fourth-order valence-electron chi connectivity index (χ4n) is 5.87. The Bertz CT molecular complexity index is 1260. The number of fused-ring (bicyclic) bond motifs is 2. The lowest BCUT2D eigenvalue weighted by molar-refractivity contribution is -0.0843. The van der Waals surface area contributed by atoms with Gasteiger partial charge in [0.2, 0.25) is 0 Å². The highest BCUT2D eigenvalue weighted by atomic mass is 16.3. The number of nitrogens with zero attached hydrogens (tertiary/aromatic N) is 6. The van der Waals surface area contributed by atoms with Crippen molar-refractivity contribution in [3.05, 3.63) is 84.4 Å². The number of nitrogen functional groups attached to an aromatic ring is 1. The summed E-state index contributed by atoms with van der Waals surface area (Å²) in [6.07, 6.45) is 4.85. The van der Waals surface area contributed by atoms with E-state index in [-0.39, 0.29) is 6.04 Å². The molecule has 0 saturated carbocycles. The number of aromatic nitrogens is 4. The number of benzene rings is 2. The summed E-state index contributed by atoms with van der Waals surface area (Å²) in [5.74, 6) is 0.368. The second-order valence-electron chi connectivity index (χ2n) is 9.91. The SMILES string of the molecule is Nc1ncnc2c1ncn2C[C@@]1(O)CC[C@H]2CN(C(c3ccccc3)c3ccccc3)CCN2C1. The first-order valence-electron chi connectivity index (χ1n) is 12.3. The second kappa shape index (κ2) is 9.03. The van der Waals surface area contributed by atoms with Crippen molar-refractivity contribution in [2.75, 3.05) is 31.9 Å². The van der Waals surface area contributed by atoms with Crippen molar-refractivity contribution in [2.45, 2.75) is 37.1 Å². The zero-order valence-corrected chi connectivity index (χ0v) is 19.7. The molecule has 0 radical (unpaired) electrons. The molecule has 2 aromatic carbocycles. The zero-order chi connectivity index (χ0) is 23.8. The molecule has 0 amide bonds. The summed E-state index contributed by atoms with van der Waals surface area (Å²) in [5, 5.41) is 11.6. The van der Waals surface area contributed by atoms with E-state index in [1.54, 1.807) is 6.33 Å². The molecule has 6 rings (SSSR count). The lowest BCUT2D eigenvalue weighted by Gasteiger charge is -2.50. The average molecular weight is 470 g/mol. The van der Waals surface area contributed by atoms with Crippen LogP contribution in [0.5, 0.6) is 0 Å². The summed E-state index contributed by atoms with van der Waals surface area (Å²) < 4.78 is 1.91. The van der Waals surface area contributed by atoms with Crippen LogP contribution in [0.15, 0.2) is 73.3 Å². The Hall–Kier alpha value is -3.33. The highest BCUT2D eigenvalue weighted by Crippen LogP contribution is 2.35. The molecular weight excluding hydrogens is 438 g/mol. The van der Waals surface area contributed by atoms with E-state index < -0.39 is 5.60 Å². The van der Waals surface area contributed by atoms with Gasteiger partial charge in [-0.1, -0.05) is 60.7 Å². The van der Waals surface area contributed by atoms with E-state index in [2.05, 4.69) is 85.4 Å². The van der Waals surface area contributed by atoms with Crippen LogP contribution in [0.1, 0.15) is 30.0 Å². The Kier molecular flexibility index (Phi) is 5.72. The van der Waals surface area contributed by atoms with Crippen molar-refractivity contribution >= 4 is 17.0 Å².